The Hall–Kier alpha value is -1.16. The van der Waals surface area contributed by atoms with E-state index in [9.17, 15) is 4.79 Å². The molecule has 1 aromatic rings. The van der Waals surface area contributed by atoms with Gasteiger partial charge in [0.05, 0.1) is 5.56 Å². The number of halogens is 1. The molecule has 0 amide bonds. The van der Waals surface area contributed by atoms with E-state index in [0.29, 0.717) is 23.2 Å². The molecule has 0 radical (unpaired) electrons. The molecule has 5 heteroatoms. The molecule has 0 saturated carbocycles. The molecule has 2 rings (SSSR count). The van der Waals surface area contributed by atoms with Gasteiger partial charge in [-0.05, 0) is 26.7 Å². The van der Waals surface area contributed by atoms with Crippen LogP contribution in [-0.4, -0.2) is 28.8 Å². The summed E-state index contributed by atoms with van der Waals surface area (Å²) in [4.78, 5) is 21.5. The molecule has 1 aliphatic heterocycles. The van der Waals surface area contributed by atoms with Crippen LogP contribution in [0.1, 0.15) is 35.9 Å². The molecule has 1 atom stereocenters. The summed E-state index contributed by atoms with van der Waals surface area (Å²) >= 11 is 5.95. The van der Waals surface area contributed by atoms with E-state index in [2.05, 4.69) is 21.8 Å². The van der Waals surface area contributed by atoms with Gasteiger partial charge in [0, 0.05) is 12.6 Å². The number of nitrogens with zero attached hydrogens (tertiary/aromatic N) is 3. The Bertz CT molecular complexity index is 422. The quantitative estimate of drug-likeness (QED) is 0.587. The van der Waals surface area contributed by atoms with Crippen molar-refractivity contribution in [2.45, 2.75) is 32.7 Å². The first-order chi connectivity index (χ1) is 7.63. The van der Waals surface area contributed by atoms with Crippen molar-refractivity contribution in [1.82, 2.24) is 9.97 Å². The van der Waals surface area contributed by atoms with Gasteiger partial charge in [0.2, 0.25) is 0 Å². The Balaban J connectivity index is 2.49. The van der Waals surface area contributed by atoms with Crippen LogP contribution in [0, 0.1) is 6.92 Å². The van der Waals surface area contributed by atoms with Crippen LogP contribution in [0.2, 0.25) is 5.15 Å². The zero-order chi connectivity index (χ0) is 11.7. The molecule has 1 aromatic heterocycles. The number of aromatic nitrogens is 2. The second kappa shape index (κ2) is 4.37. The third kappa shape index (κ3) is 1.89. The molecule has 16 heavy (non-hydrogen) atoms. The van der Waals surface area contributed by atoms with Crippen molar-refractivity contribution in [3.05, 3.63) is 16.5 Å². The highest BCUT2D eigenvalue weighted by Crippen LogP contribution is 2.28. The number of carbonyl (C=O) groups excluding carboxylic acids is 1. The second-order valence-corrected chi connectivity index (χ2v) is 4.46. The van der Waals surface area contributed by atoms with Crippen LogP contribution < -0.4 is 4.90 Å². The molecule has 4 nitrogen and oxygen atoms in total. The zero-order valence-electron chi connectivity index (χ0n) is 9.40. The summed E-state index contributed by atoms with van der Waals surface area (Å²) in [6.07, 6.45) is 2.99. The summed E-state index contributed by atoms with van der Waals surface area (Å²) in [6, 6.07) is 0.407. The maximum atomic E-state index is 11.0. The van der Waals surface area contributed by atoms with Crippen LogP contribution in [0.3, 0.4) is 0 Å². The van der Waals surface area contributed by atoms with Gasteiger partial charge in [-0.25, -0.2) is 9.97 Å². The largest absolute Gasteiger partial charge is 0.353 e. The van der Waals surface area contributed by atoms with Crippen LogP contribution in [0.4, 0.5) is 5.82 Å². The first-order valence-corrected chi connectivity index (χ1v) is 5.77. The molecule has 0 spiro atoms. The summed E-state index contributed by atoms with van der Waals surface area (Å²) in [6.45, 7) is 4.84. The molecule has 1 aliphatic rings. The van der Waals surface area contributed by atoms with Crippen molar-refractivity contribution in [2.24, 2.45) is 0 Å². The monoisotopic (exact) mass is 239 g/mol. The minimum atomic E-state index is 0.247. The van der Waals surface area contributed by atoms with Gasteiger partial charge in [-0.2, -0.15) is 0 Å². The summed E-state index contributed by atoms with van der Waals surface area (Å²) in [5.41, 5.74) is 0.404. The molecular formula is C11H14ClN3O. The number of aldehydes is 1. The van der Waals surface area contributed by atoms with Gasteiger partial charge in [0.1, 0.15) is 16.8 Å². The fourth-order valence-corrected chi connectivity index (χ4v) is 2.35. The van der Waals surface area contributed by atoms with Crippen molar-refractivity contribution in [2.75, 3.05) is 11.4 Å². The van der Waals surface area contributed by atoms with E-state index in [-0.39, 0.29) is 5.15 Å². The number of hydrogen-bond donors (Lipinski definition) is 0. The Morgan fingerprint density at radius 3 is 2.81 bits per heavy atom. The lowest BCUT2D eigenvalue weighted by Gasteiger charge is -2.24. The molecule has 0 aromatic carbocycles. The Kier molecular flexibility index (Phi) is 3.10. The second-order valence-electron chi connectivity index (χ2n) is 4.10. The van der Waals surface area contributed by atoms with E-state index in [1.165, 1.54) is 0 Å². The molecule has 0 aliphatic carbocycles. The van der Waals surface area contributed by atoms with Crippen molar-refractivity contribution in [1.29, 1.82) is 0 Å². The van der Waals surface area contributed by atoms with Crippen LogP contribution in [0.5, 0.6) is 0 Å². The van der Waals surface area contributed by atoms with Gasteiger partial charge in [-0.1, -0.05) is 11.6 Å². The highest BCUT2D eigenvalue weighted by Gasteiger charge is 2.25. The van der Waals surface area contributed by atoms with Crippen molar-refractivity contribution < 1.29 is 4.79 Å². The lowest BCUT2D eigenvalue weighted by molar-refractivity contribution is 0.112. The highest BCUT2D eigenvalue weighted by molar-refractivity contribution is 6.32. The summed E-state index contributed by atoms with van der Waals surface area (Å²) in [5, 5.41) is 0.247. The fourth-order valence-electron chi connectivity index (χ4n) is 2.10. The average Bonchev–Trinajstić information content (AvgIpc) is 2.63. The summed E-state index contributed by atoms with van der Waals surface area (Å²) in [5.74, 6) is 1.28. The smallest absolute Gasteiger partial charge is 0.156 e. The topological polar surface area (TPSA) is 46.1 Å². The molecular weight excluding hydrogens is 226 g/mol. The molecule has 0 N–H and O–H groups in total. The van der Waals surface area contributed by atoms with Crippen LogP contribution >= 0.6 is 11.6 Å². The third-order valence-corrected chi connectivity index (χ3v) is 3.22. The van der Waals surface area contributed by atoms with E-state index >= 15 is 0 Å². The minimum absolute atomic E-state index is 0.247. The molecule has 1 unspecified atom stereocenters. The van der Waals surface area contributed by atoms with Crippen LogP contribution in [-0.2, 0) is 0 Å². The molecule has 1 saturated heterocycles. The van der Waals surface area contributed by atoms with Crippen molar-refractivity contribution in [3.63, 3.8) is 0 Å². The lowest BCUT2D eigenvalue weighted by Crippen LogP contribution is -2.28. The Morgan fingerprint density at radius 1 is 1.50 bits per heavy atom. The lowest BCUT2D eigenvalue weighted by atomic mass is 10.2. The number of rotatable bonds is 2. The van der Waals surface area contributed by atoms with Gasteiger partial charge in [-0.3, -0.25) is 4.79 Å². The minimum Gasteiger partial charge on any atom is -0.353 e. The van der Waals surface area contributed by atoms with E-state index < -0.39 is 0 Å². The van der Waals surface area contributed by atoms with Crippen molar-refractivity contribution in [3.8, 4) is 0 Å². The first-order valence-electron chi connectivity index (χ1n) is 5.39. The Morgan fingerprint density at radius 2 is 2.25 bits per heavy atom. The molecule has 0 bridgehead atoms. The highest BCUT2D eigenvalue weighted by atomic mass is 35.5. The number of carbonyl (C=O) groups is 1. The maximum absolute atomic E-state index is 11.0. The third-order valence-electron chi connectivity index (χ3n) is 2.93. The number of hydrogen-bond acceptors (Lipinski definition) is 4. The van der Waals surface area contributed by atoms with E-state index in [4.69, 9.17) is 11.6 Å². The fraction of sp³-hybridized carbons (Fsp3) is 0.545. The summed E-state index contributed by atoms with van der Waals surface area (Å²) in [7, 11) is 0. The Labute approximate surface area is 99.6 Å². The number of anilines is 1. The normalized spacial score (nSPS) is 20.2. The van der Waals surface area contributed by atoms with Crippen LogP contribution in [0.15, 0.2) is 0 Å². The van der Waals surface area contributed by atoms with Gasteiger partial charge in [-0.15, -0.1) is 0 Å². The maximum Gasteiger partial charge on any atom is 0.156 e. The van der Waals surface area contributed by atoms with Gasteiger partial charge in [0.25, 0.3) is 0 Å². The SMILES string of the molecule is Cc1nc(Cl)c(C=O)c(N2CCCC2C)n1. The van der Waals surface area contributed by atoms with Gasteiger partial charge >= 0.3 is 0 Å². The standard InChI is InChI=1S/C11H14ClN3O/c1-7-4-3-5-15(7)11-9(6-16)10(12)13-8(2)14-11/h6-7H,3-5H2,1-2H3. The zero-order valence-corrected chi connectivity index (χ0v) is 10.2. The summed E-state index contributed by atoms with van der Waals surface area (Å²) < 4.78 is 0. The van der Waals surface area contributed by atoms with Crippen LogP contribution in [0.25, 0.3) is 0 Å². The first kappa shape index (κ1) is 11.3. The number of aryl methyl sites for hydroxylation is 1. The molecule has 86 valence electrons. The molecule has 1 fully saturated rings. The molecule has 2 heterocycles. The van der Waals surface area contributed by atoms with Crippen molar-refractivity contribution >= 4 is 23.7 Å². The predicted molar refractivity (Wildman–Crippen MR) is 63.2 cm³/mol. The van der Waals surface area contributed by atoms with E-state index in [0.717, 1.165) is 25.7 Å². The predicted octanol–water partition coefficient (Wildman–Crippen LogP) is 2.24. The van der Waals surface area contributed by atoms with Gasteiger partial charge in [0.15, 0.2) is 6.29 Å². The van der Waals surface area contributed by atoms with E-state index in [1.807, 2.05) is 0 Å². The average molecular weight is 240 g/mol. The van der Waals surface area contributed by atoms with Gasteiger partial charge < -0.3 is 4.90 Å². The van der Waals surface area contributed by atoms with E-state index in [1.54, 1.807) is 6.92 Å².